The highest BCUT2D eigenvalue weighted by molar-refractivity contribution is 9.10. The molecule has 0 fully saturated rings. The Morgan fingerprint density at radius 1 is 1.50 bits per heavy atom. The Morgan fingerprint density at radius 3 is 2.65 bits per heavy atom. The van der Waals surface area contributed by atoms with Gasteiger partial charge in [-0.15, -0.1) is 0 Å². The molecule has 0 radical (unpaired) electrons. The molecule has 0 saturated heterocycles. The van der Waals surface area contributed by atoms with Gasteiger partial charge in [-0.2, -0.15) is 0 Å². The van der Waals surface area contributed by atoms with Crippen molar-refractivity contribution in [1.82, 2.24) is 9.88 Å². The Morgan fingerprint density at radius 2 is 2.15 bits per heavy atom. The zero-order chi connectivity index (χ0) is 15.3. The van der Waals surface area contributed by atoms with Crippen LogP contribution in [0.1, 0.15) is 43.7 Å². The molecule has 0 aliphatic carbocycles. The third-order valence-electron chi connectivity index (χ3n) is 2.82. The summed E-state index contributed by atoms with van der Waals surface area (Å²) in [6.45, 7) is 5.72. The Bertz CT molecular complexity index is 520. The lowest BCUT2D eigenvalue weighted by atomic mass is 10.2. The highest BCUT2D eigenvalue weighted by Gasteiger charge is 2.22. The van der Waals surface area contributed by atoms with Crippen LogP contribution in [0.4, 0.5) is 0 Å². The first-order valence-electron chi connectivity index (χ1n) is 6.39. The lowest BCUT2D eigenvalue weighted by molar-refractivity contribution is -0.139. The first kappa shape index (κ1) is 16.5. The molecule has 1 unspecified atom stereocenters. The number of carbonyl (C=O) groups excluding carboxylic acids is 1. The predicted octanol–water partition coefficient (Wildman–Crippen LogP) is 2.98. The highest BCUT2D eigenvalue weighted by Crippen LogP contribution is 2.19. The van der Waals surface area contributed by atoms with Gasteiger partial charge in [0.2, 0.25) is 0 Å². The molecule has 1 heterocycles. The van der Waals surface area contributed by atoms with Gasteiger partial charge in [0.15, 0.2) is 0 Å². The van der Waals surface area contributed by atoms with Gasteiger partial charge in [0.1, 0.15) is 11.7 Å². The summed E-state index contributed by atoms with van der Waals surface area (Å²) in [4.78, 5) is 23.4. The molecular formula is C14H19BrN2O3. The molecule has 0 bridgehead atoms. The van der Waals surface area contributed by atoms with Crippen LogP contribution in [0.2, 0.25) is 0 Å². The number of allylic oxidation sites excluding steroid dienone is 1. The van der Waals surface area contributed by atoms with Crippen molar-refractivity contribution in [3.63, 3.8) is 0 Å². The van der Waals surface area contributed by atoms with E-state index < -0.39 is 12.0 Å². The molecule has 110 valence electrons. The van der Waals surface area contributed by atoms with Gasteiger partial charge in [-0.3, -0.25) is 4.79 Å². The number of halogens is 1. The van der Waals surface area contributed by atoms with Crippen molar-refractivity contribution in [3.8, 4) is 0 Å². The Labute approximate surface area is 126 Å². The number of hydrogen-bond acceptors (Lipinski definition) is 2. The van der Waals surface area contributed by atoms with Gasteiger partial charge in [-0.1, -0.05) is 12.2 Å². The van der Waals surface area contributed by atoms with E-state index >= 15 is 0 Å². The highest BCUT2D eigenvalue weighted by atomic mass is 79.9. The molecule has 0 saturated carbocycles. The molecule has 1 aromatic heterocycles. The molecule has 20 heavy (non-hydrogen) atoms. The normalized spacial score (nSPS) is 12.8. The van der Waals surface area contributed by atoms with Crippen molar-refractivity contribution in [3.05, 3.63) is 34.6 Å². The smallest absolute Gasteiger partial charge is 0.326 e. The van der Waals surface area contributed by atoms with Crippen molar-refractivity contribution >= 4 is 27.8 Å². The van der Waals surface area contributed by atoms with Gasteiger partial charge in [-0.05, 0) is 49.2 Å². The quantitative estimate of drug-likeness (QED) is 0.780. The number of carbonyl (C=O) groups is 2. The number of nitrogens with zero attached hydrogens (tertiary/aromatic N) is 1. The van der Waals surface area contributed by atoms with E-state index in [4.69, 9.17) is 5.11 Å². The van der Waals surface area contributed by atoms with E-state index in [2.05, 4.69) is 21.2 Å². The number of aromatic nitrogens is 1. The first-order chi connectivity index (χ1) is 9.36. The van der Waals surface area contributed by atoms with Gasteiger partial charge in [-0.25, -0.2) is 4.79 Å². The second-order valence-electron chi connectivity index (χ2n) is 4.71. The first-order valence-corrected chi connectivity index (χ1v) is 7.18. The molecule has 1 rings (SSSR count). The van der Waals surface area contributed by atoms with Crippen molar-refractivity contribution in [2.24, 2.45) is 0 Å². The fraction of sp³-hybridized carbons (Fsp3) is 0.429. The van der Waals surface area contributed by atoms with Crippen LogP contribution >= 0.6 is 15.9 Å². The van der Waals surface area contributed by atoms with Crippen LogP contribution in [0.25, 0.3) is 0 Å². The number of nitrogens with one attached hydrogen (secondary N) is 1. The fourth-order valence-corrected chi connectivity index (χ4v) is 2.22. The maximum Gasteiger partial charge on any atom is 0.326 e. The maximum atomic E-state index is 12.2. The number of aliphatic carboxylic acids is 1. The summed E-state index contributed by atoms with van der Waals surface area (Å²) in [5.74, 6) is -1.43. The summed E-state index contributed by atoms with van der Waals surface area (Å²) in [6.07, 6.45) is 5.55. The number of carboxylic acids is 1. The van der Waals surface area contributed by atoms with Crippen LogP contribution in [0.15, 0.2) is 28.9 Å². The fourth-order valence-electron chi connectivity index (χ4n) is 1.78. The molecule has 1 amide bonds. The SMILES string of the molecule is C/C=C/CC(NC(=O)c1cc(Br)cn1C(C)C)C(=O)O. The van der Waals surface area contributed by atoms with Gasteiger partial charge in [0, 0.05) is 16.7 Å². The Hall–Kier alpha value is -1.56. The minimum atomic E-state index is -1.04. The van der Waals surface area contributed by atoms with E-state index in [9.17, 15) is 9.59 Å². The second-order valence-corrected chi connectivity index (χ2v) is 5.63. The summed E-state index contributed by atoms with van der Waals surface area (Å²) >= 11 is 3.33. The van der Waals surface area contributed by atoms with Crippen molar-refractivity contribution in [2.45, 2.75) is 39.3 Å². The van der Waals surface area contributed by atoms with Crippen molar-refractivity contribution in [2.75, 3.05) is 0 Å². The number of carboxylic acid groups (broad SMARTS) is 1. The number of hydrogen-bond donors (Lipinski definition) is 2. The molecule has 5 nitrogen and oxygen atoms in total. The van der Waals surface area contributed by atoms with Gasteiger partial charge in [0.05, 0.1) is 0 Å². The molecule has 6 heteroatoms. The zero-order valence-electron chi connectivity index (χ0n) is 11.8. The third-order valence-corrected chi connectivity index (χ3v) is 3.25. The van der Waals surface area contributed by atoms with E-state index in [1.54, 1.807) is 29.0 Å². The minimum Gasteiger partial charge on any atom is -0.480 e. The summed E-state index contributed by atoms with van der Waals surface area (Å²) in [6, 6.07) is 0.873. The van der Waals surface area contributed by atoms with Gasteiger partial charge < -0.3 is 15.0 Å². The van der Waals surface area contributed by atoms with Crippen LogP contribution in [0.3, 0.4) is 0 Å². The lowest BCUT2D eigenvalue weighted by Crippen LogP contribution is -2.41. The predicted molar refractivity (Wildman–Crippen MR) is 80.8 cm³/mol. The zero-order valence-corrected chi connectivity index (χ0v) is 13.3. The average Bonchev–Trinajstić information content (AvgIpc) is 2.76. The molecule has 1 aromatic rings. The van der Waals surface area contributed by atoms with Crippen LogP contribution in [-0.4, -0.2) is 27.6 Å². The molecule has 0 spiro atoms. The van der Waals surface area contributed by atoms with Crippen LogP contribution in [0.5, 0.6) is 0 Å². The van der Waals surface area contributed by atoms with E-state index in [0.29, 0.717) is 5.69 Å². The molecule has 0 aliphatic heterocycles. The van der Waals surface area contributed by atoms with Crippen LogP contribution in [-0.2, 0) is 4.79 Å². The summed E-state index contributed by atoms with van der Waals surface area (Å²) in [5.41, 5.74) is 0.443. The third kappa shape index (κ3) is 4.23. The van der Waals surface area contributed by atoms with E-state index in [-0.39, 0.29) is 18.4 Å². The maximum absolute atomic E-state index is 12.2. The Balaban J connectivity index is 2.91. The number of rotatable bonds is 6. The summed E-state index contributed by atoms with van der Waals surface area (Å²) in [5, 5.41) is 11.7. The summed E-state index contributed by atoms with van der Waals surface area (Å²) in [7, 11) is 0. The summed E-state index contributed by atoms with van der Waals surface area (Å²) < 4.78 is 2.59. The monoisotopic (exact) mass is 342 g/mol. The van der Waals surface area contributed by atoms with Crippen LogP contribution < -0.4 is 5.32 Å². The standard InChI is InChI=1S/C14H19BrN2O3/c1-4-5-6-11(14(19)20)16-13(18)12-7-10(15)8-17(12)9(2)3/h4-5,7-9,11H,6H2,1-3H3,(H,16,18)(H,19,20)/b5-4+. The van der Waals surface area contributed by atoms with Crippen LogP contribution in [0, 0.1) is 0 Å². The molecular weight excluding hydrogens is 324 g/mol. The number of amides is 1. The second kappa shape index (κ2) is 7.28. The van der Waals surface area contributed by atoms with Crippen molar-refractivity contribution < 1.29 is 14.7 Å². The van der Waals surface area contributed by atoms with Gasteiger partial charge >= 0.3 is 5.97 Å². The molecule has 0 aromatic carbocycles. The topological polar surface area (TPSA) is 71.3 Å². The van der Waals surface area contributed by atoms with Gasteiger partial charge in [0.25, 0.3) is 5.91 Å². The Kier molecular flexibility index (Phi) is 6.01. The van der Waals surface area contributed by atoms with E-state index in [0.717, 1.165) is 4.47 Å². The van der Waals surface area contributed by atoms with Crippen molar-refractivity contribution in [1.29, 1.82) is 0 Å². The largest absolute Gasteiger partial charge is 0.480 e. The molecule has 2 N–H and O–H groups in total. The average molecular weight is 343 g/mol. The minimum absolute atomic E-state index is 0.112. The molecule has 0 aliphatic rings. The lowest BCUT2D eigenvalue weighted by Gasteiger charge is -2.16. The van der Waals surface area contributed by atoms with E-state index in [1.165, 1.54) is 0 Å². The molecule has 1 atom stereocenters. The van der Waals surface area contributed by atoms with E-state index in [1.807, 2.05) is 20.8 Å².